The lowest BCUT2D eigenvalue weighted by molar-refractivity contribution is -0.139. The Kier molecular flexibility index (Phi) is 6.77. The molecule has 8 heteroatoms. The van der Waals surface area contributed by atoms with Gasteiger partial charge in [0.1, 0.15) is 5.75 Å². The number of carbonyl (C=O) groups is 1. The lowest BCUT2D eigenvalue weighted by Crippen LogP contribution is -2.09. The van der Waals surface area contributed by atoms with Gasteiger partial charge in [-0.2, -0.15) is 13.2 Å². The van der Waals surface area contributed by atoms with E-state index in [0.717, 1.165) is 49.2 Å². The summed E-state index contributed by atoms with van der Waals surface area (Å²) >= 11 is 3.20. The number of carboxylic acids is 1. The summed E-state index contributed by atoms with van der Waals surface area (Å²) in [6.45, 7) is 3.48. The molecule has 0 amide bonds. The van der Waals surface area contributed by atoms with Crippen LogP contribution in [0.15, 0.2) is 53.4 Å². The van der Waals surface area contributed by atoms with Gasteiger partial charge in [0.2, 0.25) is 0 Å². The number of hydrogen-bond donors (Lipinski definition) is 1. The number of benzene rings is 2. The number of thiophene rings is 1. The smallest absolute Gasteiger partial charge is 0.416 e. The van der Waals surface area contributed by atoms with Gasteiger partial charge in [0.15, 0.2) is 6.61 Å². The van der Waals surface area contributed by atoms with Crippen LogP contribution in [0.5, 0.6) is 5.75 Å². The second-order valence-electron chi connectivity index (χ2n) is 6.67. The fraction of sp³-hybridized carbons (Fsp3) is 0.227. The number of aliphatic carboxylic acids is 1. The Labute approximate surface area is 180 Å². The molecule has 1 heterocycles. The van der Waals surface area contributed by atoms with Gasteiger partial charge in [-0.1, -0.05) is 12.1 Å². The minimum Gasteiger partial charge on any atom is -0.482 e. The number of aryl methyl sites for hydroxylation is 2. The van der Waals surface area contributed by atoms with E-state index in [1.165, 1.54) is 12.1 Å². The van der Waals surface area contributed by atoms with Crippen LogP contribution in [0.1, 0.15) is 21.6 Å². The maximum absolute atomic E-state index is 12.7. The van der Waals surface area contributed by atoms with E-state index in [9.17, 15) is 18.0 Å². The number of halogens is 3. The van der Waals surface area contributed by atoms with Crippen LogP contribution in [0, 0.1) is 13.8 Å². The zero-order chi connectivity index (χ0) is 21.9. The molecular weight excluding hydrogens is 433 g/mol. The van der Waals surface area contributed by atoms with Gasteiger partial charge in [-0.3, -0.25) is 0 Å². The fourth-order valence-corrected chi connectivity index (χ4v) is 4.99. The maximum Gasteiger partial charge on any atom is 0.416 e. The van der Waals surface area contributed by atoms with E-state index in [1.807, 2.05) is 32.0 Å². The third-order valence-corrected chi connectivity index (χ3v) is 6.59. The van der Waals surface area contributed by atoms with Crippen LogP contribution in [0.25, 0.3) is 10.4 Å². The van der Waals surface area contributed by atoms with Gasteiger partial charge in [-0.15, -0.1) is 23.1 Å². The third kappa shape index (κ3) is 5.58. The van der Waals surface area contributed by atoms with E-state index in [-0.39, 0.29) is 6.61 Å². The van der Waals surface area contributed by atoms with E-state index < -0.39 is 17.7 Å². The Morgan fingerprint density at radius 3 is 2.40 bits per heavy atom. The maximum atomic E-state index is 12.7. The normalized spacial score (nSPS) is 11.5. The number of thioether (sulfide) groups is 1. The van der Waals surface area contributed by atoms with Crippen LogP contribution in [0.3, 0.4) is 0 Å². The molecule has 0 bridgehead atoms. The van der Waals surface area contributed by atoms with E-state index in [1.54, 1.807) is 29.2 Å². The summed E-state index contributed by atoms with van der Waals surface area (Å²) in [4.78, 5) is 13.7. The van der Waals surface area contributed by atoms with Gasteiger partial charge < -0.3 is 9.84 Å². The predicted octanol–water partition coefficient (Wildman–Crippen LogP) is 6.81. The molecule has 0 fully saturated rings. The molecule has 0 radical (unpaired) electrons. The van der Waals surface area contributed by atoms with E-state index in [4.69, 9.17) is 9.84 Å². The first-order chi connectivity index (χ1) is 14.1. The van der Waals surface area contributed by atoms with Crippen molar-refractivity contribution in [1.82, 2.24) is 0 Å². The van der Waals surface area contributed by atoms with Crippen LogP contribution in [0.4, 0.5) is 13.2 Å². The molecule has 3 nitrogen and oxygen atoms in total. The number of rotatable bonds is 7. The molecule has 0 aliphatic rings. The summed E-state index contributed by atoms with van der Waals surface area (Å²) in [7, 11) is 0. The topological polar surface area (TPSA) is 46.5 Å². The van der Waals surface area contributed by atoms with Crippen molar-refractivity contribution in [1.29, 1.82) is 0 Å². The summed E-state index contributed by atoms with van der Waals surface area (Å²) in [6, 6.07) is 12.8. The first-order valence-electron chi connectivity index (χ1n) is 8.98. The van der Waals surface area contributed by atoms with Gasteiger partial charge in [0, 0.05) is 20.4 Å². The summed E-state index contributed by atoms with van der Waals surface area (Å²) in [5.74, 6) is 0.236. The fourth-order valence-electron chi connectivity index (χ4n) is 2.80. The number of hydrogen-bond acceptors (Lipinski definition) is 4. The summed E-state index contributed by atoms with van der Waals surface area (Å²) in [5, 5.41) is 8.71. The average Bonchev–Trinajstić information content (AvgIpc) is 3.05. The molecule has 1 aromatic heterocycles. The Bertz CT molecular complexity index is 1040. The molecule has 1 N–H and O–H groups in total. The molecule has 3 rings (SSSR count). The standard InChI is InChI=1S/C22H19F3O3S2/c1-13-9-18(7-8-19(13)28-11-21(26)27)29-12-16-10-20(30-14(16)2)15-3-5-17(6-4-15)22(23,24)25/h3-10H,11-12H2,1-2H3,(H,26,27). The largest absolute Gasteiger partial charge is 0.482 e. The minimum absolute atomic E-state index is 0.381. The highest BCUT2D eigenvalue weighted by molar-refractivity contribution is 7.98. The molecule has 0 spiro atoms. The second kappa shape index (κ2) is 9.14. The molecule has 0 aliphatic carbocycles. The Morgan fingerprint density at radius 2 is 1.80 bits per heavy atom. The van der Waals surface area contributed by atoms with Gasteiger partial charge in [-0.05, 0) is 66.9 Å². The van der Waals surface area contributed by atoms with Gasteiger partial charge >= 0.3 is 12.1 Å². The Balaban J connectivity index is 1.68. The molecule has 0 saturated heterocycles. The highest BCUT2D eigenvalue weighted by atomic mass is 32.2. The lowest BCUT2D eigenvalue weighted by atomic mass is 10.1. The molecular formula is C22H19F3O3S2. The number of alkyl halides is 3. The van der Waals surface area contributed by atoms with E-state index >= 15 is 0 Å². The van der Waals surface area contributed by atoms with Crippen molar-refractivity contribution in [3.05, 3.63) is 70.1 Å². The van der Waals surface area contributed by atoms with Crippen molar-refractivity contribution in [3.63, 3.8) is 0 Å². The van der Waals surface area contributed by atoms with E-state index in [2.05, 4.69) is 0 Å². The number of carboxylic acid groups (broad SMARTS) is 1. The average molecular weight is 453 g/mol. The van der Waals surface area contributed by atoms with Crippen LogP contribution in [-0.2, 0) is 16.7 Å². The van der Waals surface area contributed by atoms with Gasteiger partial charge in [0.25, 0.3) is 0 Å². The van der Waals surface area contributed by atoms with Crippen LogP contribution in [-0.4, -0.2) is 17.7 Å². The lowest BCUT2D eigenvalue weighted by Gasteiger charge is -2.09. The van der Waals surface area contributed by atoms with Crippen molar-refractivity contribution in [3.8, 4) is 16.2 Å². The zero-order valence-electron chi connectivity index (χ0n) is 16.2. The van der Waals surface area contributed by atoms with Crippen LogP contribution >= 0.6 is 23.1 Å². The van der Waals surface area contributed by atoms with Crippen LogP contribution < -0.4 is 4.74 Å². The summed E-state index contributed by atoms with van der Waals surface area (Å²) in [6.07, 6.45) is -4.34. The molecule has 0 saturated carbocycles. The highest BCUT2D eigenvalue weighted by Gasteiger charge is 2.30. The van der Waals surface area contributed by atoms with Crippen molar-refractivity contribution in [2.45, 2.75) is 30.7 Å². The highest BCUT2D eigenvalue weighted by Crippen LogP contribution is 2.37. The molecule has 2 aromatic carbocycles. The Hall–Kier alpha value is -2.45. The summed E-state index contributed by atoms with van der Waals surface area (Å²) < 4.78 is 43.5. The predicted molar refractivity (Wildman–Crippen MR) is 113 cm³/mol. The first-order valence-corrected chi connectivity index (χ1v) is 10.8. The second-order valence-corrected chi connectivity index (χ2v) is 8.97. The third-order valence-electron chi connectivity index (χ3n) is 4.41. The van der Waals surface area contributed by atoms with E-state index in [0.29, 0.717) is 5.75 Å². The molecule has 30 heavy (non-hydrogen) atoms. The molecule has 0 atom stereocenters. The zero-order valence-corrected chi connectivity index (χ0v) is 17.9. The Morgan fingerprint density at radius 1 is 1.10 bits per heavy atom. The minimum atomic E-state index is -4.34. The molecule has 0 unspecified atom stereocenters. The van der Waals surface area contributed by atoms with Crippen molar-refractivity contribution < 1.29 is 27.8 Å². The summed E-state index contributed by atoms with van der Waals surface area (Å²) in [5.41, 5.74) is 2.10. The number of ether oxygens (including phenoxy) is 1. The van der Waals surface area contributed by atoms with Gasteiger partial charge in [-0.25, -0.2) is 4.79 Å². The van der Waals surface area contributed by atoms with Crippen molar-refractivity contribution in [2.75, 3.05) is 6.61 Å². The monoisotopic (exact) mass is 452 g/mol. The van der Waals surface area contributed by atoms with Crippen molar-refractivity contribution >= 4 is 29.1 Å². The molecule has 3 aromatic rings. The first kappa shape index (κ1) is 22.2. The SMILES string of the molecule is Cc1cc(SCc2cc(-c3ccc(C(F)(F)F)cc3)sc2C)ccc1OCC(=O)O. The molecule has 0 aliphatic heterocycles. The van der Waals surface area contributed by atoms with Gasteiger partial charge in [0.05, 0.1) is 5.56 Å². The quantitative estimate of drug-likeness (QED) is 0.400. The van der Waals surface area contributed by atoms with Crippen molar-refractivity contribution in [2.24, 2.45) is 0 Å². The van der Waals surface area contributed by atoms with Crippen LogP contribution in [0.2, 0.25) is 0 Å². The molecule has 158 valence electrons.